The first-order valence-electron chi connectivity index (χ1n) is 3.40. The molecule has 0 aliphatic heterocycles. The van der Waals surface area contributed by atoms with E-state index < -0.39 is 6.09 Å². The van der Waals surface area contributed by atoms with E-state index in [0.717, 1.165) is 0 Å². The molecule has 1 amide bonds. The van der Waals surface area contributed by atoms with Crippen LogP contribution in [-0.4, -0.2) is 16.3 Å². The van der Waals surface area contributed by atoms with Crippen molar-refractivity contribution >= 4 is 11.8 Å². The molecule has 0 radical (unpaired) electrons. The molecular formula is C8H9NO3. The minimum Gasteiger partial charge on any atom is -0.508 e. The van der Waals surface area contributed by atoms with E-state index in [1.54, 1.807) is 19.1 Å². The standard InChI is InChI=1S/C8H9NO3/c1-5-6(9-8(11)12)3-2-4-7(5)10/h2-4,9-10H,1H3,(H,11,12). The van der Waals surface area contributed by atoms with Gasteiger partial charge in [0.2, 0.25) is 0 Å². The number of carboxylic acid groups (broad SMARTS) is 1. The highest BCUT2D eigenvalue weighted by Gasteiger charge is 2.03. The summed E-state index contributed by atoms with van der Waals surface area (Å²) in [5.74, 6) is 0.0845. The van der Waals surface area contributed by atoms with Gasteiger partial charge in [-0.05, 0) is 19.1 Å². The Morgan fingerprint density at radius 2 is 2.17 bits per heavy atom. The average Bonchev–Trinajstić information content (AvgIpc) is 1.98. The van der Waals surface area contributed by atoms with E-state index in [1.165, 1.54) is 6.07 Å². The lowest BCUT2D eigenvalue weighted by atomic mass is 10.2. The first kappa shape index (κ1) is 8.39. The summed E-state index contributed by atoms with van der Waals surface area (Å²) in [5, 5.41) is 19.7. The molecule has 0 bridgehead atoms. The highest BCUT2D eigenvalue weighted by molar-refractivity contribution is 5.84. The minimum atomic E-state index is -1.14. The van der Waals surface area contributed by atoms with E-state index in [2.05, 4.69) is 5.32 Å². The van der Waals surface area contributed by atoms with Gasteiger partial charge in [0.1, 0.15) is 5.75 Å². The molecule has 3 N–H and O–H groups in total. The van der Waals surface area contributed by atoms with Gasteiger partial charge >= 0.3 is 6.09 Å². The van der Waals surface area contributed by atoms with E-state index in [4.69, 9.17) is 5.11 Å². The average molecular weight is 167 g/mol. The van der Waals surface area contributed by atoms with Gasteiger partial charge in [-0.2, -0.15) is 0 Å². The third-order valence-electron chi connectivity index (χ3n) is 1.55. The van der Waals surface area contributed by atoms with Gasteiger partial charge in [0, 0.05) is 5.56 Å². The number of phenols is 1. The maximum atomic E-state index is 10.2. The number of benzene rings is 1. The molecule has 4 nitrogen and oxygen atoms in total. The molecule has 1 rings (SSSR count). The van der Waals surface area contributed by atoms with E-state index in [9.17, 15) is 9.90 Å². The van der Waals surface area contributed by atoms with Crippen LogP contribution < -0.4 is 5.32 Å². The van der Waals surface area contributed by atoms with Crippen molar-refractivity contribution in [1.82, 2.24) is 0 Å². The first-order chi connectivity index (χ1) is 5.61. The maximum Gasteiger partial charge on any atom is 0.409 e. The summed E-state index contributed by atoms with van der Waals surface area (Å²) in [4.78, 5) is 10.2. The molecule has 0 heterocycles. The van der Waals surface area contributed by atoms with Crippen molar-refractivity contribution in [3.63, 3.8) is 0 Å². The number of hydrogen-bond acceptors (Lipinski definition) is 2. The molecule has 12 heavy (non-hydrogen) atoms. The van der Waals surface area contributed by atoms with Gasteiger partial charge in [0.05, 0.1) is 5.69 Å². The fourth-order valence-corrected chi connectivity index (χ4v) is 0.874. The van der Waals surface area contributed by atoms with Crippen molar-refractivity contribution in [1.29, 1.82) is 0 Å². The van der Waals surface area contributed by atoms with Gasteiger partial charge in [-0.3, -0.25) is 5.32 Å². The summed E-state index contributed by atoms with van der Waals surface area (Å²) < 4.78 is 0. The molecule has 0 atom stereocenters. The summed E-state index contributed by atoms with van der Waals surface area (Å²) in [6, 6.07) is 4.67. The number of anilines is 1. The van der Waals surface area contributed by atoms with E-state index in [-0.39, 0.29) is 5.75 Å². The number of rotatable bonds is 1. The Kier molecular flexibility index (Phi) is 2.19. The topological polar surface area (TPSA) is 69.6 Å². The highest BCUT2D eigenvalue weighted by Crippen LogP contribution is 2.23. The van der Waals surface area contributed by atoms with E-state index >= 15 is 0 Å². The molecule has 0 aliphatic rings. The Bertz CT molecular complexity index is 309. The monoisotopic (exact) mass is 167 g/mol. The SMILES string of the molecule is Cc1c(O)cccc1NC(=O)O. The van der Waals surface area contributed by atoms with E-state index in [0.29, 0.717) is 11.3 Å². The van der Waals surface area contributed by atoms with Crippen molar-refractivity contribution < 1.29 is 15.0 Å². The van der Waals surface area contributed by atoms with Crippen LogP contribution in [0.15, 0.2) is 18.2 Å². The number of amides is 1. The summed E-state index contributed by atoms with van der Waals surface area (Å²) in [6.07, 6.45) is -1.14. The van der Waals surface area contributed by atoms with Gasteiger partial charge in [0.25, 0.3) is 0 Å². The molecule has 0 saturated heterocycles. The number of carbonyl (C=O) groups is 1. The van der Waals surface area contributed by atoms with Crippen LogP contribution in [0.2, 0.25) is 0 Å². The van der Waals surface area contributed by atoms with Crippen LogP contribution in [0.3, 0.4) is 0 Å². The van der Waals surface area contributed by atoms with Crippen LogP contribution in [0.4, 0.5) is 10.5 Å². The quantitative estimate of drug-likeness (QED) is 0.597. The summed E-state index contributed by atoms with van der Waals surface area (Å²) >= 11 is 0. The minimum absolute atomic E-state index is 0.0845. The van der Waals surface area contributed by atoms with E-state index in [1.807, 2.05) is 0 Å². The highest BCUT2D eigenvalue weighted by atomic mass is 16.4. The zero-order valence-electron chi connectivity index (χ0n) is 6.53. The second kappa shape index (κ2) is 3.13. The van der Waals surface area contributed by atoms with Gasteiger partial charge < -0.3 is 10.2 Å². The smallest absolute Gasteiger partial charge is 0.409 e. The molecule has 0 aromatic heterocycles. The molecule has 1 aromatic carbocycles. The van der Waals surface area contributed by atoms with Crippen molar-refractivity contribution in [2.24, 2.45) is 0 Å². The van der Waals surface area contributed by atoms with Crippen LogP contribution >= 0.6 is 0 Å². The zero-order valence-corrected chi connectivity index (χ0v) is 6.53. The van der Waals surface area contributed by atoms with Gasteiger partial charge in [-0.15, -0.1) is 0 Å². The number of aromatic hydroxyl groups is 1. The fourth-order valence-electron chi connectivity index (χ4n) is 0.874. The second-order valence-corrected chi connectivity index (χ2v) is 2.38. The Morgan fingerprint density at radius 1 is 1.50 bits per heavy atom. The molecular weight excluding hydrogens is 158 g/mol. The normalized spacial score (nSPS) is 9.42. The molecule has 4 heteroatoms. The molecule has 0 fully saturated rings. The summed E-state index contributed by atoms with van der Waals surface area (Å²) in [7, 11) is 0. The fraction of sp³-hybridized carbons (Fsp3) is 0.125. The largest absolute Gasteiger partial charge is 0.508 e. The summed E-state index contributed by atoms with van der Waals surface area (Å²) in [6.45, 7) is 1.64. The van der Waals surface area contributed by atoms with Crippen LogP contribution in [0.25, 0.3) is 0 Å². The predicted octanol–water partition coefficient (Wildman–Crippen LogP) is 1.79. The predicted molar refractivity (Wildman–Crippen MR) is 44.5 cm³/mol. The summed E-state index contributed by atoms with van der Waals surface area (Å²) in [5.41, 5.74) is 0.933. The Balaban J connectivity index is 3.00. The zero-order chi connectivity index (χ0) is 9.14. The van der Waals surface area contributed by atoms with Gasteiger partial charge in [-0.1, -0.05) is 6.07 Å². The lowest BCUT2D eigenvalue weighted by Crippen LogP contribution is -2.08. The lowest BCUT2D eigenvalue weighted by Gasteiger charge is -2.05. The molecule has 64 valence electrons. The van der Waals surface area contributed by atoms with Crippen LogP contribution in [0, 0.1) is 6.92 Å². The Labute approximate surface area is 69.5 Å². The number of phenolic OH excluding ortho intramolecular Hbond substituents is 1. The Morgan fingerprint density at radius 3 is 2.75 bits per heavy atom. The lowest BCUT2D eigenvalue weighted by molar-refractivity contribution is 0.209. The van der Waals surface area contributed by atoms with Crippen molar-refractivity contribution in [2.45, 2.75) is 6.92 Å². The third-order valence-corrected chi connectivity index (χ3v) is 1.55. The molecule has 1 aromatic rings. The maximum absolute atomic E-state index is 10.2. The van der Waals surface area contributed by atoms with Crippen molar-refractivity contribution in [3.05, 3.63) is 23.8 Å². The third kappa shape index (κ3) is 1.66. The molecule has 0 aliphatic carbocycles. The van der Waals surface area contributed by atoms with Crippen molar-refractivity contribution in [2.75, 3.05) is 5.32 Å². The first-order valence-corrected chi connectivity index (χ1v) is 3.40. The van der Waals surface area contributed by atoms with Crippen molar-refractivity contribution in [3.8, 4) is 5.75 Å². The van der Waals surface area contributed by atoms with Crippen LogP contribution in [-0.2, 0) is 0 Å². The van der Waals surface area contributed by atoms with Gasteiger partial charge in [-0.25, -0.2) is 4.79 Å². The number of hydrogen-bond donors (Lipinski definition) is 3. The molecule has 0 saturated carbocycles. The molecule has 0 spiro atoms. The molecule has 0 unspecified atom stereocenters. The van der Waals surface area contributed by atoms with Crippen LogP contribution in [0.1, 0.15) is 5.56 Å². The van der Waals surface area contributed by atoms with Gasteiger partial charge in [0.15, 0.2) is 0 Å². The Hall–Kier alpha value is -1.71. The number of nitrogens with one attached hydrogen (secondary N) is 1. The van der Waals surface area contributed by atoms with Crippen LogP contribution in [0.5, 0.6) is 5.75 Å². The second-order valence-electron chi connectivity index (χ2n) is 2.38.